The van der Waals surface area contributed by atoms with Crippen LogP contribution in [0.2, 0.25) is 0 Å². The maximum Gasteiger partial charge on any atom is 0.255 e. The number of rotatable bonds is 9. The van der Waals surface area contributed by atoms with E-state index in [1.165, 1.54) is 41.3 Å². The van der Waals surface area contributed by atoms with Crippen LogP contribution in [0.25, 0.3) is 0 Å². The Bertz CT molecular complexity index is 1690. The zero-order valence-corrected chi connectivity index (χ0v) is 27.8. The number of carbonyl (C=O) groups excluding carboxylic acids is 3. The van der Waals surface area contributed by atoms with Crippen LogP contribution in [-0.2, 0) is 29.2 Å². The highest BCUT2D eigenvalue weighted by atomic mass is 16.2. The number of imide groups is 1. The summed E-state index contributed by atoms with van der Waals surface area (Å²) >= 11 is 0. The molecule has 1 atom stereocenters. The van der Waals surface area contributed by atoms with Crippen molar-refractivity contribution in [3.8, 4) is 0 Å². The fourth-order valence-electron chi connectivity index (χ4n) is 8.17. The lowest BCUT2D eigenvalue weighted by Crippen LogP contribution is -2.52. The molecule has 3 aromatic carbocycles. The molecular formula is C39H46N6O3. The molecule has 3 amide bonds. The molecule has 3 fully saturated rings. The van der Waals surface area contributed by atoms with Gasteiger partial charge in [-0.1, -0.05) is 42.5 Å². The smallest absolute Gasteiger partial charge is 0.255 e. The van der Waals surface area contributed by atoms with Gasteiger partial charge in [0.1, 0.15) is 6.04 Å². The number of anilines is 1. The first kappa shape index (κ1) is 32.2. The number of piperidine rings is 3. The van der Waals surface area contributed by atoms with Crippen molar-refractivity contribution in [2.45, 2.75) is 76.0 Å². The minimum Gasteiger partial charge on any atom is -0.388 e. The van der Waals surface area contributed by atoms with E-state index in [9.17, 15) is 14.4 Å². The first-order valence-corrected chi connectivity index (χ1v) is 17.5. The van der Waals surface area contributed by atoms with Gasteiger partial charge >= 0.3 is 0 Å². The van der Waals surface area contributed by atoms with Crippen molar-refractivity contribution in [1.29, 1.82) is 5.41 Å². The van der Waals surface area contributed by atoms with Crippen molar-refractivity contribution >= 4 is 29.6 Å². The third-order valence-electron chi connectivity index (χ3n) is 11.0. The van der Waals surface area contributed by atoms with Gasteiger partial charge in [0.25, 0.3) is 5.91 Å². The molecule has 250 valence electrons. The Hall–Kier alpha value is -4.34. The number of nitrogens with one attached hydrogen (secondary N) is 3. The highest BCUT2D eigenvalue weighted by Gasteiger charge is 2.39. The van der Waals surface area contributed by atoms with Gasteiger partial charge < -0.3 is 15.6 Å². The van der Waals surface area contributed by atoms with Gasteiger partial charge in [0.2, 0.25) is 11.8 Å². The molecule has 4 aliphatic heterocycles. The summed E-state index contributed by atoms with van der Waals surface area (Å²) in [6, 6.07) is 21.4. The first-order valence-electron chi connectivity index (χ1n) is 17.5. The van der Waals surface area contributed by atoms with Crippen LogP contribution in [0, 0.1) is 5.41 Å². The molecule has 0 radical (unpaired) electrons. The van der Waals surface area contributed by atoms with E-state index in [4.69, 9.17) is 5.41 Å². The van der Waals surface area contributed by atoms with Crippen LogP contribution in [0.15, 0.2) is 60.7 Å². The van der Waals surface area contributed by atoms with Gasteiger partial charge in [-0.25, -0.2) is 0 Å². The van der Waals surface area contributed by atoms with E-state index in [1.807, 2.05) is 13.1 Å². The fraction of sp³-hybridized carbons (Fsp3) is 0.436. The zero-order valence-electron chi connectivity index (χ0n) is 27.8. The highest BCUT2D eigenvalue weighted by Crippen LogP contribution is 2.34. The van der Waals surface area contributed by atoms with E-state index in [1.54, 1.807) is 4.90 Å². The zero-order chi connectivity index (χ0) is 33.2. The summed E-state index contributed by atoms with van der Waals surface area (Å²) in [7, 11) is 1.90. The average molecular weight is 647 g/mol. The molecule has 0 bridgehead atoms. The van der Waals surface area contributed by atoms with Gasteiger partial charge in [-0.3, -0.25) is 29.5 Å². The Kier molecular flexibility index (Phi) is 9.41. The van der Waals surface area contributed by atoms with Gasteiger partial charge in [0.05, 0.1) is 0 Å². The molecule has 3 aromatic rings. The summed E-state index contributed by atoms with van der Waals surface area (Å²) in [5.74, 6) is 0.334. The molecule has 0 aromatic heterocycles. The number of nitrogens with zero attached hydrogens (tertiary/aromatic N) is 3. The average Bonchev–Trinajstić information content (AvgIpc) is 3.44. The van der Waals surface area contributed by atoms with Crippen LogP contribution >= 0.6 is 0 Å². The van der Waals surface area contributed by atoms with E-state index in [0.29, 0.717) is 30.4 Å². The Balaban J connectivity index is 0.874. The minimum absolute atomic E-state index is 0.109. The van der Waals surface area contributed by atoms with Crippen LogP contribution < -0.4 is 10.6 Å². The number of likely N-dealkylation sites (tertiary alicyclic amines) is 2. The standard InChI is InChI=1S/C39H46N6O3/c1-41-35-9-4-27(20-32(35)22-40)24-44-16-12-29(13-17-44)28-5-2-26(3-6-28)23-43-18-14-30(15-19-43)31-7-8-34-33(21-31)25-45(39(34)48)36-10-11-37(46)42-38(36)47/h2-9,20-22,29-30,36,40-41H,10-19,23-25H2,1H3,(H,42,46,47). The number of carbonyl (C=O) groups is 3. The van der Waals surface area contributed by atoms with Gasteiger partial charge in [0, 0.05) is 56.1 Å². The van der Waals surface area contributed by atoms with Crippen LogP contribution in [0.5, 0.6) is 0 Å². The van der Waals surface area contributed by atoms with Crippen LogP contribution in [0.3, 0.4) is 0 Å². The third kappa shape index (κ3) is 6.80. The largest absolute Gasteiger partial charge is 0.388 e. The lowest BCUT2D eigenvalue weighted by atomic mass is 9.87. The van der Waals surface area contributed by atoms with Crippen molar-refractivity contribution < 1.29 is 14.4 Å². The molecule has 48 heavy (non-hydrogen) atoms. The molecule has 3 N–H and O–H groups in total. The minimum atomic E-state index is -0.572. The van der Waals surface area contributed by atoms with E-state index < -0.39 is 6.04 Å². The molecule has 0 aliphatic carbocycles. The Morgan fingerprint density at radius 3 is 2.06 bits per heavy atom. The maximum absolute atomic E-state index is 13.1. The van der Waals surface area contributed by atoms with Gasteiger partial charge in [-0.2, -0.15) is 0 Å². The topological polar surface area (TPSA) is 109 Å². The van der Waals surface area contributed by atoms with Crippen molar-refractivity contribution in [3.63, 3.8) is 0 Å². The molecule has 7 rings (SSSR count). The monoisotopic (exact) mass is 646 g/mol. The number of hydrogen-bond acceptors (Lipinski definition) is 7. The van der Waals surface area contributed by atoms with E-state index >= 15 is 0 Å². The molecule has 9 heteroatoms. The van der Waals surface area contributed by atoms with Crippen molar-refractivity contribution in [1.82, 2.24) is 20.0 Å². The quantitative estimate of drug-likeness (QED) is 0.217. The number of hydrogen-bond donors (Lipinski definition) is 3. The van der Waals surface area contributed by atoms with Gasteiger partial charge in [-0.15, -0.1) is 0 Å². The maximum atomic E-state index is 13.1. The summed E-state index contributed by atoms with van der Waals surface area (Å²) in [4.78, 5) is 43.8. The van der Waals surface area contributed by atoms with Crippen LogP contribution in [0.4, 0.5) is 5.69 Å². The molecule has 1 unspecified atom stereocenters. The number of benzene rings is 3. The second-order valence-electron chi connectivity index (χ2n) is 14.0. The summed E-state index contributed by atoms with van der Waals surface area (Å²) in [6.45, 7) is 6.60. The summed E-state index contributed by atoms with van der Waals surface area (Å²) in [6.07, 6.45) is 6.60. The molecular weight excluding hydrogens is 600 g/mol. The number of amides is 3. The lowest BCUT2D eigenvalue weighted by Gasteiger charge is -2.33. The number of fused-ring (bicyclic) bond motifs is 1. The predicted octanol–water partition coefficient (Wildman–Crippen LogP) is 5.25. The molecule has 0 spiro atoms. The van der Waals surface area contributed by atoms with Crippen molar-refractivity contribution in [3.05, 3.63) is 99.6 Å². The van der Waals surface area contributed by atoms with E-state index in [2.05, 4.69) is 75.0 Å². The lowest BCUT2D eigenvalue weighted by molar-refractivity contribution is -0.136. The fourth-order valence-corrected chi connectivity index (χ4v) is 8.17. The van der Waals surface area contributed by atoms with Crippen LogP contribution in [-0.4, -0.2) is 77.9 Å². The second kappa shape index (κ2) is 14.0. The van der Waals surface area contributed by atoms with Gasteiger partial charge in [0.15, 0.2) is 0 Å². The molecule has 9 nitrogen and oxygen atoms in total. The Labute approximate surface area is 283 Å². The summed E-state index contributed by atoms with van der Waals surface area (Å²) in [5, 5.41) is 13.3. The van der Waals surface area contributed by atoms with Crippen molar-refractivity contribution in [2.24, 2.45) is 0 Å². The molecule has 0 saturated carbocycles. The van der Waals surface area contributed by atoms with Crippen molar-refractivity contribution in [2.75, 3.05) is 38.5 Å². The predicted molar refractivity (Wildman–Crippen MR) is 187 cm³/mol. The normalized spacial score (nSPS) is 21.3. The second-order valence-corrected chi connectivity index (χ2v) is 14.0. The first-order chi connectivity index (χ1) is 23.4. The summed E-state index contributed by atoms with van der Waals surface area (Å²) < 4.78 is 0. The van der Waals surface area contributed by atoms with E-state index in [-0.39, 0.29) is 24.1 Å². The Morgan fingerprint density at radius 1 is 0.792 bits per heavy atom. The summed E-state index contributed by atoms with van der Waals surface area (Å²) in [5.41, 5.74) is 8.98. The van der Waals surface area contributed by atoms with E-state index in [0.717, 1.165) is 68.9 Å². The highest BCUT2D eigenvalue weighted by molar-refractivity contribution is 6.05. The Morgan fingerprint density at radius 2 is 1.42 bits per heavy atom. The third-order valence-corrected chi connectivity index (χ3v) is 11.0. The van der Waals surface area contributed by atoms with Crippen LogP contribution in [0.1, 0.15) is 94.1 Å². The SMILES string of the molecule is CNc1ccc(CN2CCC(c3ccc(CN4CCC(c5ccc6c(c5)CN(C5CCC(=O)NC5=O)C6=O)CC4)cc3)CC2)cc1C=N. The molecule has 3 saturated heterocycles. The molecule has 4 aliphatic rings. The molecule has 4 heterocycles. The van der Waals surface area contributed by atoms with Gasteiger partial charge in [-0.05, 0) is 116 Å².